The quantitative estimate of drug-likeness (QED) is 0.190. The highest BCUT2D eigenvalue weighted by molar-refractivity contribution is 6.27. The van der Waals surface area contributed by atoms with Crippen molar-refractivity contribution in [3.8, 4) is 67.5 Å². The van der Waals surface area contributed by atoms with Crippen LogP contribution in [-0.4, -0.2) is 15.0 Å². The van der Waals surface area contributed by atoms with E-state index in [2.05, 4.69) is 97.1 Å². The van der Waals surface area contributed by atoms with Gasteiger partial charge in [0.2, 0.25) is 0 Å². The fourth-order valence-electron chi connectivity index (χ4n) is 8.06. The third-order valence-corrected chi connectivity index (χ3v) is 10.3. The van der Waals surface area contributed by atoms with Crippen molar-refractivity contribution < 1.29 is 4.42 Å². The number of rotatable bonds is 4. The first-order chi connectivity index (χ1) is 25.3. The molecule has 0 amide bonds. The van der Waals surface area contributed by atoms with Gasteiger partial charge in [0.05, 0.1) is 0 Å². The lowest BCUT2D eigenvalue weighted by atomic mass is 9.86. The van der Waals surface area contributed by atoms with E-state index in [1.807, 2.05) is 66.7 Å². The van der Waals surface area contributed by atoms with Crippen molar-refractivity contribution in [3.05, 3.63) is 164 Å². The SMILES string of the molecule is c1ccc(-c2nc(-c3ccccc3)nc(-c3ccc(-c4c5c(cc6oc7ccccc7c46)-c4cccc6cccc-5c46)c4ccccc34)n2)cc1. The van der Waals surface area contributed by atoms with Gasteiger partial charge in [0.15, 0.2) is 17.5 Å². The fourth-order valence-corrected chi connectivity index (χ4v) is 8.06. The molecule has 4 nitrogen and oxygen atoms in total. The lowest BCUT2D eigenvalue weighted by Crippen LogP contribution is -2.00. The molecule has 0 atom stereocenters. The molecule has 0 radical (unpaired) electrons. The number of hydrogen-bond donors (Lipinski definition) is 0. The molecule has 0 saturated heterocycles. The van der Waals surface area contributed by atoms with E-state index in [-0.39, 0.29) is 0 Å². The van der Waals surface area contributed by atoms with E-state index < -0.39 is 0 Å². The lowest BCUT2D eigenvalue weighted by molar-refractivity contribution is 0.669. The molecule has 0 aliphatic heterocycles. The Labute approximate surface area is 293 Å². The molecule has 8 aromatic carbocycles. The number of hydrogen-bond acceptors (Lipinski definition) is 4. The Balaban J connectivity index is 1.22. The van der Waals surface area contributed by atoms with Gasteiger partial charge in [0, 0.05) is 33.0 Å². The molecule has 51 heavy (non-hydrogen) atoms. The maximum atomic E-state index is 6.62. The molecule has 236 valence electrons. The summed E-state index contributed by atoms with van der Waals surface area (Å²) in [6, 6.07) is 57.2. The highest BCUT2D eigenvalue weighted by Crippen LogP contribution is 2.55. The Bertz CT molecular complexity index is 2960. The number of fused-ring (bicyclic) bond motifs is 7. The van der Waals surface area contributed by atoms with Gasteiger partial charge < -0.3 is 4.42 Å². The monoisotopic (exact) mass is 649 g/mol. The zero-order chi connectivity index (χ0) is 33.5. The zero-order valence-electron chi connectivity index (χ0n) is 27.3. The Kier molecular flexibility index (Phi) is 5.92. The molecule has 0 saturated carbocycles. The molecular weight excluding hydrogens is 623 g/mol. The van der Waals surface area contributed by atoms with Crippen LogP contribution in [0.25, 0.3) is 111 Å². The highest BCUT2D eigenvalue weighted by Gasteiger charge is 2.29. The van der Waals surface area contributed by atoms with Crippen LogP contribution in [0.1, 0.15) is 0 Å². The number of aromatic nitrogens is 3. The summed E-state index contributed by atoms with van der Waals surface area (Å²) in [5.41, 5.74) is 11.9. The molecule has 2 aromatic heterocycles. The standard InChI is InChI=1S/C47H27N3O/c1-3-13-29(14-4-1)45-48-46(30-15-5-2-6-16-30)50-47(49-45)35-26-25-34(31-19-7-8-20-32(31)35)44-42-37-23-12-18-28-17-11-22-33(41(28)37)38(42)27-40-43(44)36-21-9-10-24-39(36)51-40/h1-27H. The van der Waals surface area contributed by atoms with Gasteiger partial charge in [-0.1, -0.05) is 146 Å². The Morgan fingerprint density at radius 1 is 0.333 bits per heavy atom. The minimum absolute atomic E-state index is 0.639. The molecule has 1 aliphatic rings. The summed E-state index contributed by atoms with van der Waals surface area (Å²) in [6.07, 6.45) is 0. The van der Waals surface area contributed by atoms with Crippen LogP contribution in [0.2, 0.25) is 0 Å². The maximum absolute atomic E-state index is 6.62. The Hall–Kier alpha value is -6.91. The first-order valence-corrected chi connectivity index (χ1v) is 17.2. The first-order valence-electron chi connectivity index (χ1n) is 17.2. The van der Waals surface area contributed by atoms with Gasteiger partial charge >= 0.3 is 0 Å². The largest absolute Gasteiger partial charge is 0.456 e. The summed E-state index contributed by atoms with van der Waals surface area (Å²) in [5.74, 6) is 1.93. The number of benzene rings is 8. The van der Waals surface area contributed by atoms with Gasteiger partial charge in [-0.25, -0.2) is 15.0 Å². The third-order valence-electron chi connectivity index (χ3n) is 10.3. The predicted molar refractivity (Wildman–Crippen MR) is 208 cm³/mol. The van der Waals surface area contributed by atoms with Gasteiger partial charge in [0.25, 0.3) is 0 Å². The van der Waals surface area contributed by atoms with E-state index in [1.165, 1.54) is 38.6 Å². The van der Waals surface area contributed by atoms with Crippen LogP contribution in [0.3, 0.4) is 0 Å². The maximum Gasteiger partial charge on any atom is 0.164 e. The van der Waals surface area contributed by atoms with E-state index in [4.69, 9.17) is 19.4 Å². The molecule has 0 fully saturated rings. The van der Waals surface area contributed by atoms with E-state index in [0.717, 1.165) is 55.0 Å². The van der Waals surface area contributed by atoms with E-state index in [0.29, 0.717) is 17.5 Å². The number of furan rings is 1. The summed E-state index contributed by atoms with van der Waals surface area (Å²) in [4.78, 5) is 15.2. The summed E-state index contributed by atoms with van der Waals surface area (Å²) >= 11 is 0. The van der Waals surface area contributed by atoms with Gasteiger partial charge in [-0.2, -0.15) is 0 Å². The van der Waals surface area contributed by atoms with Crippen molar-refractivity contribution in [1.82, 2.24) is 15.0 Å². The van der Waals surface area contributed by atoms with Crippen LogP contribution in [0.4, 0.5) is 0 Å². The smallest absolute Gasteiger partial charge is 0.164 e. The summed E-state index contributed by atoms with van der Waals surface area (Å²) in [5, 5.41) is 6.98. The topological polar surface area (TPSA) is 51.8 Å². The van der Waals surface area contributed by atoms with Gasteiger partial charge in [-0.3, -0.25) is 0 Å². The van der Waals surface area contributed by atoms with Crippen LogP contribution in [0.5, 0.6) is 0 Å². The normalized spacial score (nSPS) is 11.9. The van der Waals surface area contributed by atoms with Crippen molar-refractivity contribution in [2.45, 2.75) is 0 Å². The second-order valence-corrected chi connectivity index (χ2v) is 13.1. The summed E-state index contributed by atoms with van der Waals surface area (Å²) in [7, 11) is 0. The van der Waals surface area contributed by atoms with Gasteiger partial charge in [-0.15, -0.1) is 0 Å². The number of nitrogens with zero attached hydrogens (tertiary/aromatic N) is 3. The van der Waals surface area contributed by atoms with Crippen molar-refractivity contribution in [1.29, 1.82) is 0 Å². The van der Waals surface area contributed by atoms with Crippen LogP contribution < -0.4 is 0 Å². The van der Waals surface area contributed by atoms with Crippen molar-refractivity contribution >= 4 is 43.5 Å². The van der Waals surface area contributed by atoms with E-state index >= 15 is 0 Å². The minimum atomic E-state index is 0.639. The van der Waals surface area contributed by atoms with Crippen LogP contribution in [0.15, 0.2) is 168 Å². The predicted octanol–water partition coefficient (Wildman–Crippen LogP) is 12.4. The molecule has 4 heteroatoms. The molecule has 0 spiro atoms. The second kappa shape index (κ2) is 10.8. The molecule has 10 aromatic rings. The molecule has 1 aliphatic carbocycles. The van der Waals surface area contributed by atoms with Crippen LogP contribution >= 0.6 is 0 Å². The Morgan fingerprint density at radius 3 is 1.61 bits per heavy atom. The summed E-state index contributed by atoms with van der Waals surface area (Å²) < 4.78 is 6.62. The average molecular weight is 650 g/mol. The van der Waals surface area contributed by atoms with Crippen molar-refractivity contribution in [3.63, 3.8) is 0 Å². The molecular formula is C47H27N3O. The molecule has 0 N–H and O–H groups in total. The number of para-hydroxylation sites is 1. The molecule has 2 heterocycles. The molecule has 0 unspecified atom stereocenters. The second-order valence-electron chi connectivity index (χ2n) is 13.1. The van der Waals surface area contributed by atoms with Gasteiger partial charge in [0.1, 0.15) is 11.2 Å². The first kappa shape index (κ1) is 28.0. The van der Waals surface area contributed by atoms with Gasteiger partial charge in [-0.05, 0) is 67.6 Å². The summed E-state index contributed by atoms with van der Waals surface area (Å²) in [6.45, 7) is 0. The highest BCUT2D eigenvalue weighted by atomic mass is 16.3. The minimum Gasteiger partial charge on any atom is -0.456 e. The van der Waals surface area contributed by atoms with Crippen LogP contribution in [0, 0.1) is 0 Å². The van der Waals surface area contributed by atoms with Crippen molar-refractivity contribution in [2.24, 2.45) is 0 Å². The molecule has 11 rings (SSSR count). The Morgan fingerprint density at radius 2 is 0.902 bits per heavy atom. The van der Waals surface area contributed by atoms with E-state index in [9.17, 15) is 0 Å². The lowest BCUT2D eigenvalue weighted by Gasteiger charge is -2.17. The van der Waals surface area contributed by atoms with E-state index in [1.54, 1.807) is 0 Å². The fraction of sp³-hybridized carbons (Fsp3) is 0. The average Bonchev–Trinajstić information content (AvgIpc) is 3.74. The zero-order valence-corrected chi connectivity index (χ0v) is 27.3. The van der Waals surface area contributed by atoms with Crippen molar-refractivity contribution in [2.75, 3.05) is 0 Å². The third kappa shape index (κ3) is 4.17. The van der Waals surface area contributed by atoms with Crippen LogP contribution in [-0.2, 0) is 0 Å². The molecule has 0 bridgehead atoms.